The summed E-state index contributed by atoms with van der Waals surface area (Å²) in [5.41, 5.74) is 0.899. The Labute approximate surface area is 94.1 Å². The zero-order valence-corrected chi connectivity index (χ0v) is 9.49. The Morgan fingerprint density at radius 2 is 2.14 bits per heavy atom. The van der Waals surface area contributed by atoms with Crippen molar-refractivity contribution in [2.45, 2.75) is 11.8 Å². The average molecular weight is 286 g/mol. The van der Waals surface area contributed by atoms with Crippen LogP contribution in [0.2, 0.25) is 5.02 Å². The standard InChI is InChI=1S/C9H8BrClF2O/c10-4-6-1-2-7(3-8(6)11)14-5-9(12)13/h1-3,9H,4-5H2. The topological polar surface area (TPSA) is 9.23 Å². The van der Waals surface area contributed by atoms with Crippen molar-refractivity contribution in [1.29, 1.82) is 0 Å². The summed E-state index contributed by atoms with van der Waals surface area (Å²) in [6, 6.07) is 4.88. The third-order valence-corrected chi connectivity index (χ3v) is 2.50. The summed E-state index contributed by atoms with van der Waals surface area (Å²) in [6.07, 6.45) is -2.47. The van der Waals surface area contributed by atoms with Crippen LogP contribution < -0.4 is 4.74 Å². The van der Waals surface area contributed by atoms with Gasteiger partial charge in [-0.25, -0.2) is 8.78 Å². The highest BCUT2D eigenvalue weighted by Gasteiger charge is 2.05. The van der Waals surface area contributed by atoms with Crippen molar-refractivity contribution in [3.05, 3.63) is 28.8 Å². The van der Waals surface area contributed by atoms with Gasteiger partial charge in [0, 0.05) is 10.4 Å². The largest absolute Gasteiger partial charge is 0.488 e. The molecule has 0 N–H and O–H groups in total. The molecule has 0 aliphatic rings. The van der Waals surface area contributed by atoms with E-state index in [0.29, 0.717) is 16.1 Å². The van der Waals surface area contributed by atoms with Crippen LogP contribution in [0.1, 0.15) is 5.56 Å². The van der Waals surface area contributed by atoms with E-state index in [0.717, 1.165) is 5.56 Å². The number of hydrogen-bond acceptors (Lipinski definition) is 1. The highest BCUT2D eigenvalue weighted by molar-refractivity contribution is 9.08. The van der Waals surface area contributed by atoms with E-state index in [4.69, 9.17) is 16.3 Å². The van der Waals surface area contributed by atoms with E-state index in [9.17, 15) is 8.78 Å². The van der Waals surface area contributed by atoms with Crippen LogP contribution in [0.5, 0.6) is 5.75 Å². The van der Waals surface area contributed by atoms with Crippen molar-refractivity contribution in [2.75, 3.05) is 6.61 Å². The fourth-order valence-corrected chi connectivity index (χ4v) is 1.77. The Hall–Kier alpha value is -0.350. The van der Waals surface area contributed by atoms with Crippen molar-refractivity contribution in [1.82, 2.24) is 0 Å². The number of ether oxygens (including phenoxy) is 1. The lowest BCUT2D eigenvalue weighted by Gasteiger charge is -2.07. The van der Waals surface area contributed by atoms with Gasteiger partial charge in [-0.3, -0.25) is 0 Å². The highest BCUT2D eigenvalue weighted by Crippen LogP contribution is 2.24. The van der Waals surface area contributed by atoms with E-state index in [-0.39, 0.29) is 0 Å². The normalized spacial score (nSPS) is 10.6. The molecule has 0 amide bonds. The second-order valence-corrected chi connectivity index (χ2v) is 3.56. The smallest absolute Gasteiger partial charge is 0.272 e. The van der Waals surface area contributed by atoms with Crippen LogP contribution in [0.3, 0.4) is 0 Å². The summed E-state index contributed by atoms with van der Waals surface area (Å²) in [6.45, 7) is -0.607. The molecule has 0 saturated heterocycles. The van der Waals surface area contributed by atoms with Gasteiger partial charge in [0.25, 0.3) is 6.43 Å². The lowest BCUT2D eigenvalue weighted by atomic mass is 10.2. The molecule has 14 heavy (non-hydrogen) atoms. The Morgan fingerprint density at radius 3 is 2.64 bits per heavy atom. The van der Waals surface area contributed by atoms with Crippen LogP contribution in [0.15, 0.2) is 18.2 Å². The van der Waals surface area contributed by atoms with Crippen LogP contribution in [0.25, 0.3) is 0 Å². The first-order chi connectivity index (χ1) is 6.63. The molecule has 78 valence electrons. The average Bonchev–Trinajstić information content (AvgIpc) is 2.15. The monoisotopic (exact) mass is 284 g/mol. The Bertz CT molecular complexity index is 307. The quantitative estimate of drug-likeness (QED) is 0.763. The molecule has 1 aromatic rings. The van der Waals surface area contributed by atoms with Crippen molar-refractivity contribution < 1.29 is 13.5 Å². The minimum absolute atomic E-state index is 0.361. The predicted octanol–water partition coefficient (Wildman–Crippen LogP) is 3.88. The van der Waals surface area contributed by atoms with E-state index in [1.807, 2.05) is 0 Å². The second-order valence-electron chi connectivity index (χ2n) is 2.59. The molecule has 0 fully saturated rings. The van der Waals surface area contributed by atoms with Gasteiger partial charge in [-0.05, 0) is 17.7 Å². The van der Waals surface area contributed by atoms with Gasteiger partial charge in [0.05, 0.1) is 0 Å². The van der Waals surface area contributed by atoms with Gasteiger partial charge >= 0.3 is 0 Å². The number of rotatable bonds is 4. The van der Waals surface area contributed by atoms with Crippen LogP contribution in [0, 0.1) is 0 Å². The molecule has 0 saturated carbocycles. The van der Waals surface area contributed by atoms with Crippen LogP contribution in [-0.2, 0) is 5.33 Å². The van der Waals surface area contributed by atoms with Crippen molar-refractivity contribution in [2.24, 2.45) is 0 Å². The molecular weight excluding hydrogens is 277 g/mol. The van der Waals surface area contributed by atoms with E-state index in [1.54, 1.807) is 12.1 Å². The predicted molar refractivity (Wildman–Crippen MR) is 55.6 cm³/mol. The first kappa shape index (κ1) is 11.7. The van der Waals surface area contributed by atoms with Gasteiger partial charge < -0.3 is 4.74 Å². The maximum atomic E-state index is 11.8. The summed E-state index contributed by atoms with van der Waals surface area (Å²) in [5.74, 6) is 0.361. The molecule has 1 aromatic carbocycles. The molecule has 0 unspecified atom stereocenters. The minimum Gasteiger partial charge on any atom is -0.488 e. The third-order valence-electron chi connectivity index (χ3n) is 1.54. The summed E-state index contributed by atoms with van der Waals surface area (Å²) in [4.78, 5) is 0. The van der Waals surface area contributed by atoms with Gasteiger partial charge in [-0.2, -0.15) is 0 Å². The zero-order valence-electron chi connectivity index (χ0n) is 7.14. The summed E-state index contributed by atoms with van der Waals surface area (Å²) in [7, 11) is 0. The Kier molecular flexibility index (Phi) is 4.62. The molecule has 0 aromatic heterocycles. The van der Waals surface area contributed by atoms with Crippen LogP contribution in [0.4, 0.5) is 8.78 Å². The summed E-state index contributed by atoms with van der Waals surface area (Å²) < 4.78 is 28.4. The molecule has 0 aliphatic heterocycles. The SMILES string of the molecule is FC(F)COc1ccc(CBr)c(Cl)c1. The van der Waals surface area contributed by atoms with Gasteiger partial charge in [0.2, 0.25) is 0 Å². The first-order valence-corrected chi connectivity index (χ1v) is 5.38. The fourth-order valence-electron chi connectivity index (χ4n) is 0.885. The molecule has 0 radical (unpaired) electrons. The fraction of sp³-hybridized carbons (Fsp3) is 0.333. The lowest BCUT2D eigenvalue weighted by Crippen LogP contribution is -2.06. The Morgan fingerprint density at radius 1 is 1.43 bits per heavy atom. The second kappa shape index (κ2) is 5.51. The molecule has 1 nitrogen and oxygen atoms in total. The first-order valence-electron chi connectivity index (χ1n) is 3.89. The Balaban J connectivity index is 2.66. The maximum Gasteiger partial charge on any atom is 0.272 e. The zero-order chi connectivity index (χ0) is 10.6. The van der Waals surface area contributed by atoms with Crippen LogP contribution >= 0.6 is 27.5 Å². The minimum atomic E-state index is -2.47. The van der Waals surface area contributed by atoms with Gasteiger partial charge in [0.15, 0.2) is 0 Å². The number of alkyl halides is 3. The lowest BCUT2D eigenvalue weighted by molar-refractivity contribution is 0.0819. The molecule has 5 heteroatoms. The molecule has 0 spiro atoms. The van der Waals surface area contributed by atoms with Crippen molar-refractivity contribution >= 4 is 27.5 Å². The summed E-state index contributed by atoms with van der Waals surface area (Å²) >= 11 is 9.10. The molecule has 1 rings (SSSR count). The third kappa shape index (κ3) is 3.42. The molecule has 0 aliphatic carbocycles. The van der Waals surface area contributed by atoms with E-state index >= 15 is 0 Å². The molecular formula is C9H8BrClF2O. The van der Waals surface area contributed by atoms with Crippen LogP contribution in [-0.4, -0.2) is 13.0 Å². The van der Waals surface area contributed by atoms with Crippen molar-refractivity contribution in [3.63, 3.8) is 0 Å². The summed E-state index contributed by atoms with van der Waals surface area (Å²) in [5, 5.41) is 1.13. The van der Waals surface area contributed by atoms with Crippen molar-refractivity contribution in [3.8, 4) is 5.75 Å². The highest BCUT2D eigenvalue weighted by atomic mass is 79.9. The molecule has 0 heterocycles. The van der Waals surface area contributed by atoms with E-state index in [1.165, 1.54) is 6.07 Å². The number of benzene rings is 1. The van der Waals surface area contributed by atoms with Gasteiger partial charge in [-0.1, -0.05) is 33.6 Å². The molecule has 0 bridgehead atoms. The number of hydrogen-bond donors (Lipinski definition) is 0. The number of halogens is 4. The van der Waals surface area contributed by atoms with E-state index in [2.05, 4.69) is 15.9 Å². The molecule has 0 atom stereocenters. The van der Waals surface area contributed by atoms with Gasteiger partial charge in [-0.15, -0.1) is 0 Å². The maximum absolute atomic E-state index is 11.8. The van der Waals surface area contributed by atoms with E-state index < -0.39 is 13.0 Å². The van der Waals surface area contributed by atoms with Gasteiger partial charge in [0.1, 0.15) is 12.4 Å².